The molecule has 0 bridgehead atoms. The fourth-order valence-corrected chi connectivity index (χ4v) is 4.74. The van der Waals surface area contributed by atoms with E-state index in [0.717, 1.165) is 0 Å². The van der Waals surface area contributed by atoms with Gasteiger partial charge < -0.3 is 5.73 Å². The molecule has 140 valence electrons. The van der Waals surface area contributed by atoms with Crippen molar-refractivity contribution >= 4 is 32.4 Å². The van der Waals surface area contributed by atoms with Crippen molar-refractivity contribution < 1.29 is 12.8 Å². The van der Waals surface area contributed by atoms with Crippen LogP contribution in [-0.2, 0) is 10.0 Å². The predicted molar refractivity (Wildman–Crippen MR) is 96.6 cm³/mol. The molecule has 2 atom stereocenters. The van der Waals surface area contributed by atoms with E-state index in [1.807, 2.05) is 0 Å². The Balaban J connectivity index is 2.26. The number of nitrogens with one attached hydrogen (secondary N) is 2. The topological polar surface area (TPSA) is 121 Å². The number of fused-ring (bicyclic) bond motifs is 3. The molecule has 1 heterocycles. The first-order chi connectivity index (χ1) is 12.0. The highest BCUT2D eigenvalue weighted by molar-refractivity contribution is 7.89. The van der Waals surface area contributed by atoms with E-state index in [1.165, 1.54) is 32.2 Å². The van der Waals surface area contributed by atoms with Crippen LogP contribution in [0, 0.1) is 5.53 Å². The summed E-state index contributed by atoms with van der Waals surface area (Å²) in [5.74, 6) is 0. The van der Waals surface area contributed by atoms with Gasteiger partial charge in [-0.05, 0) is 43.5 Å². The summed E-state index contributed by atoms with van der Waals surface area (Å²) in [6.45, 7) is 2.20. The molecule has 2 aromatic rings. The maximum absolute atomic E-state index is 13.8. The molecule has 0 fully saturated rings. The Morgan fingerprint density at radius 1 is 1.46 bits per heavy atom. The van der Waals surface area contributed by atoms with Crippen LogP contribution in [0.2, 0.25) is 5.15 Å². The number of nitrogens with two attached hydrogens (primary N) is 1. The van der Waals surface area contributed by atoms with Crippen LogP contribution in [0.5, 0.6) is 0 Å². The zero-order chi connectivity index (χ0) is 19.3. The molecular weight excluding hydrogens is 381 g/mol. The van der Waals surface area contributed by atoms with Gasteiger partial charge >= 0.3 is 0 Å². The number of alkyl halides is 1. The number of hydrogen-bond acceptors (Lipinski definition) is 6. The number of hydrogen-bond donors (Lipinski definition) is 3. The standard InChI is InChI=1S/C16H19ClFN5O2S/c1-16(2,18)7-22-26(24,25)13-3-9-11(19)5-12(23-20)15(9)10-6-21-14(17)4-8(10)13/h3-4,6,11-12,20,22H,5,7,19H2,1-2H3/t11-,12-/m0/s1. The smallest absolute Gasteiger partial charge is 0.241 e. The molecule has 0 amide bonds. The van der Waals surface area contributed by atoms with E-state index in [1.54, 1.807) is 0 Å². The van der Waals surface area contributed by atoms with Gasteiger partial charge in [0, 0.05) is 29.6 Å². The van der Waals surface area contributed by atoms with Crippen molar-refractivity contribution in [3.63, 3.8) is 0 Å². The second-order valence-corrected chi connectivity index (χ2v) is 9.08. The van der Waals surface area contributed by atoms with Crippen molar-refractivity contribution in [1.29, 1.82) is 5.53 Å². The Labute approximate surface area is 155 Å². The van der Waals surface area contributed by atoms with Gasteiger partial charge in [0.2, 0.25) is 10.0 Å². The van der Waals surface area contributed by atoms with E-state index in [9.17, 15) is 12.8 Å². The predicted octanol–water partition coefficient (Wildman–Crippen LogP) is 3.39. The fraction of sp³-hybridized carbons (Fsp3) is 0.438. The normalized spacial score (nSPS) is 20.3. The molecule has 1 aromatic carbocycles. The summed E-state index contributed by atoms with van der Waals surface area (Å²) in [6, 6.07) is 2.00. The second-order valence-electron chi connectivity index (χ2n) is 6.96. The molecule has 10 heteroatoms. The van der Waals surface area contributed by atoms with Gasteiger partial charge in [-0.2, -0.15) is 5.11 Å². The van der Waals surface area contributed by atoms with Crippen molar-refractivity contribution in [2.75, 3.05) is 6.54 Å². The third kappa shape index (κ3) is 3.44. The summed E-state index contributed by atoms with van der Waals surface area (Å²) in [7, 11) is -4.02. The molecule has 0 radical (unpaired) electrons. The number of aromatic nitrogens is 1. The fourth-order valence-electron chi connectivity index (χ4n) is 3.15. The van der Waals surface area contributed by atoms with Gasteiger partial charge in [-0.15, -0.1) is 0 Å². The molecule has 1 aromatic heterocycles. The highest BCUT2D eigenvalue weighted by atomic mass is 35.5. The van der Waals surface area contributed by atoms with Gasteiger partial charge in [0.25, 0.3) is 0 Å². The number of nitrogens with zero attached hydrogens (tertiary/aromatic N) is 2. The van der Waals surface area contributed by atoms with Crippen LogP contribution in [-0.4, -0.2) is 25.6 Å². The van der Waals surface area contributed by atoms with E-state index in [0.29, 0.717) is 28.3 Å². The third-order valence-corrected chi connectivity index (χ3v) is 6.01. The zero-order valence-electron chi connectivity index (χ0n) is 14.3. The van der Waals surface area contributed by atoms with Crippen molar-refractivity contribution in [1.82, 2.24) is 9.71 Å². The number of pyridine rings is 1. The summed E-state index contributed by atoms with van der Waals surface area (Å²) in [5, 5.41) is 4.60. The minimum atomic E-state index is -4.02. The summed E-state index contributed by atoms with van der Waals surface area (Å²) < 4.78 is 41.7. The van der Waals surface area contributed by atoms with Crippen LogP contribution < -0.4 is 10.5 Å². The number of sulfonamides is 1. The van der Waals surface area contributed by atoms with Crippen molar-refractivity contribution in [3.05, 3.63) is 34.6 Å². The Morgan fingerprint density at radius 3 is 2.77 bits per heavy atom. The monoisotopic (exact) mass is 399 g/mol. The van der Waals surface area contributed by atoms with Gasteiger partial charge in [0.15, 0.2) is 0 Å². The first kappa shape index (κ1) is 19.1. The van der Waals surface area contributed by atoms with E-state index < -0.39 is 27.8 Å². The molecule has 3 rings (SSSR count). The lowest BCUT2D eigenvalue weighted by molar-refractivity contribution is 0.221. The zero-order valence-corrected chi connectivity index (χ0v) is 15.8. The average molecular weight is 400 g/mol. The number of halogens is 2. The quantitative estimate of drug-likeness (QED) is 0.526. The van der Waals surface area contributed by atoms with Gasteiger partial charge in [0.1, 0.15) is 10.8 Å². The van der Waals surface area contributed by atoms with Gasteiger partial charge in [-0.1, -0.05) is 11.6 Å². The lowest BCUT2D eigenvalue weighted by atomic mass is 10.0. The van der Waals surface area contributed by atoms with E-state index in [2.05, 4.69) is 14.8 Å². The maximum Gasteiger partial charge on any atom is 0.241 e. The Morgan fingerprint density at radius 2 is 2.15 bits per heavy atom. The second kappa shape index (κ2) is 6.49. The van der Waals surface area contributed by atoms with E-state index >= 15 is 0 Å². The molecule has 7 nitrogen and oxygen atoms in total. The molecule has 0 saturated carbocycles. The maximum atomic E-state index is 13.8. The summed E-state index contributed by atoms with van der Waals surface area (Å²) in [4.78, 5) is 3.99. The lowest BCUT2D eigenvalue weighted by Crippen LogP contribution is -2.35. The van der Waals surface area contributed by atoms with Crippen LogP contribution in [0.3, 0.4) is 0 Å². The van der Waals surface area contributed by atoms with Crippen molar-refractivity contribution in [3.8, 4) is 0 Å². The largest absolute Gasteiger partial charge is 0.324 e. The minimum Gasteiger partial charge on any atom is -0.324 e. The highest BCUT2D eigenvalue weighted by Gasteiger charge is 2.34. The van der Waals surface area contributed by atoms with Gasteiger partial charge in [-0.25, -0.2) is 28.0 Å². The average Bonchev–Trinajstić information content (AvgIpc) is 2.88. The number of rotatable bonds is 5. The van der Waals surface area contributed by atoms with Gasteiger partial charge in [0.05, 0.1) is 10.9 Å². The summed E-state index contributed by atoms with van der Waals surface area (Å²) in [5.41, 5.74) is 13.1. The van der Waals surface area contributed by atoms with E-state index in [4.69, 9.17) is 22.9 Å². The first-order valence-corrected chi connectivity index (χ1v) is 9.82. The SMILES string of the molecule is CC(C)(F)CNS(=O)(=O)c1cc2c(c3cnc(Cl)cc13)[C@@H](N=N)C[C@@H]2N. The highest BCUT2D eigenvalue weighted by Crippen LogP contribution is 2.45. The molecule has 0 unspecified atom stereocenters. The summed E-state index contributed by atoms with van der Waals surface area (Å²) in [6.07, 6.45) is 1.87. The van der Waals surface area contributed by atoms with Crippen LogP contribution in [0.4, 0.5) is 4.39 Å². The lowest BCUT2D eigenvalue weighted by Gasteiger charge is -2.18. The molecule has 0 saturated heterocycles. The summed E-state index contributed by atoms with van der Waals surface area (Å²) >= 11 is 5.97. The van der Waals surface area contributed by atoms with Crippen molar-refractivity contribution in [2.24, 2.45) is 10.8 Å². The molecule has 0 spiro atoms. The first-order valence-electron chi connectivity index (χ1n) is 7.96. The molecule has 4 N–H and O–H groups in total. The molecular formula is C16H19ClFN5O2S. The number of benzene rings is 1. The van der Waals surface area contributed by atoms with Crippen LogP contribution in [0.25, 0.3) is 10.8 Å². The molecule has 1 aliphatic rings. The molecule has 1 aliphatic carbocycles. The third-order valence-electron chi connectivity index (χ3n) is 4.36. The molecule has 0 aliphatic heterocycles. The van der Waals surface area contributed by atoms with Gasteiger partial charge in [-0.3, -0.25) is 0 Å². The molecule has 26 heavy (non-hydrogen) atoms. The van der Waals surface area contributed by atoms with E-state index in [-0.39, 0.29) is 16.6 Å². The Kier molecular flexibility index (Phi) is 4.76. The minimum absolute atomic E-state index is 0.0409. The van der Waals surface area contributed by atoms with Crippen molar-refractivity contribution in [2.45, 2.75) is 42.9 Å². The Bertz CT molecular complexity index is 990. The Hall–Kier alpha value is -1.68. The van der Waals surface area contributed by atoms with Crippen LogP contribution >= 0.6 is 11.6 Å². The van der Waals surface area contributed by atoms with Crippen LogP contribution in [0.15, 0.2) is 28.3 Å². The van der Waals surface area contributed by atoms with Crippen LogP contribution in [0.1, 0.15) is 43.5 Å².